The van der Waals surface area contributed by atoms with E-state index in [1.54, 1.807) is 35.7 Å². The highest BCUT2D eigenvalue weighted by atomic mass is 127. The summed E-state index contributed by atoms with van der Waals surface area (Å²) in [4.78, 5) is 7.59. The summed E-state index contributed by atoms with van der Waals surface area (Å²) in [6.07, 6.45) is 0. The molecule has 0 aromatic carbocycles. The Balaban J connectivity index is -0.00000112. The Kier molecular flexibility index (Phi) is 23.4. The normalized spacial score (nSPS) is 11.2. The van der Waals surface area contributed by atoms with Crippen LogP contribution in [0.4, 0.5) is 0 Å². The Morgan fingerprint density at radius 1 is 0.889 bits per heavy atom. The lowest BCUT2D eigenvalue weighted by molar-refractivity contribution is 0.958. The molecule has 18 heavy (non-hydrogen) atoms. The van der Waals surface area contributed by atoms with Gasteiger partial charge in [-0.15, -0.1) is 48.0 Å². The van der Waals surface area contributed by atoms with E-state index >= 15 is 0 Å². The summed E-state index contributed by atoms with van der Waals surface area (Å²) in [5.74, 6) is 2.94. The van der Waals surface area contributed by atoms with Crippen LogP contribution in [0.3, 0.4) is 0 Å². The topological polar surface area (TPSA) is 101 Å². The Bertz CT molecular complexity index is 216. The van der Waals surface area contributed by atoms with Crippen molar-refractivity contribution in [2.45, 2.75) is 0 Å². The molecule has 0 radical (unpaired) electrons. The lowest BCUT2D eigenvalue weighted by Crippen LogP contribution is -2.33. The summed E-state index contributed by atoms with van der Waals surface area (Å²) in [6, 6.07) is 0. The molecular formula is C8H22I2N6S2. The van der Waals surface area contributed by atoms with Gasteiger partial charge in [-0.1, -0.05) is 21.6 Å². The van der Waals surface area contributed by atoms with E-state index in [2.05, 4.69) is 20.6 Å². The second kappa shape index (κ2) is 17.7. The Morgan fingerprint density at radius 2 is 1.22 bits per heavy atom. The fourth-order valence-electron chi connectivity index (χ4n) is 0.718. The Morgan fingerprint density at radius 3 is 1.50 bits per heavy atom. The van der Waals surface area contributed by atoms with Gasteiger partial charge in [-0.05, 0) is 0 Å². The minimum Gasteiger partial charge on any atom is -0.370 e. The molecule has 10 heteroatoms. The fraction of sp³-hybridized carbons (Fsp3) is 0.750. The maximum absolute atomic E-state index is 5.47. The van der Waals surface area contributed by atoms with Gasteiger partial charge >= 0.3 is 0 Å². The Hall–Kier alpha value is 0.700. The third-order valence-corrected chi connectivity index (χ3v) is 3.96. The quantitative estimate of drug-likeness (QED) is 0.130. The van der Waals surface area contributed by atoms with E-state index in [1.807, 2.05) is 0 Å². The van der Waals surface area contributed by atoms with Gasteiger partial charge in [0, 0.05) is 38.7 Å². The van der Waals surface area contributed by atoms with Crippen LogP contribution in [-0.2, 0) is 0 Å². The number of aliphatic imine (C=N–C) groups is 2. The maximum atomic E-state index is 5.47. The second-order valence-electron chi connectivity index (χ2n) is 2.72. The summed E-state index contributed by atoms with van der Waals surface area (Å²) in [5, 5.41) is 5.98. The van der Waals surface area contributed by atoms with Crippen molar-refractivity contribution in [3.63, 3.8) is 0 Å². The first kappa shape index (κ1) is 23.8. The zero-order valence-electron chi connectivity index (χ0n) is 10.5. The Labute approximate surface area is 151 Å². The maximum Gasteiger partial charge on any atom is 0.188 e. The molecule has 6 nitrogen and oxygen atoms in total. The van der Waals surface area contributed by atoms with Crippen molar-refractivity contribution in [3.8, 4) is 0 Å². The van der Waals surface area contributed by atoms with E-state index < -0.39 is 0 Å². The number of halogens is 2. The van der Waals surface area contributed by atoms with Crippen molar-refractivity contribution in [1.29, 1.82) is 0 Å². The molecule has 0 fully saturated rings. The van der Waals surface area contributed by atoms with Crippen LogP contribution in [0.25, 0.3) is 0 Å². The van der Waals surface area contributed by atoms with Gasteiger partial charge in [-0.2, -0.15) is 0 Å². The van der Waals surface area contributed by atoms with E-state index in [1.165, 1.54) is 0 Å². The summed E-state index contributed by atoms with van der Waals surface area (Å²) >= 11 is 0. The minimum absolute atomic E-state index is 0. The van der Waals surface area contributed by atoms with Crippen molar-refractivity contribution >= 4 is 81.5 Å². The largest absolute Gasteiger partial charge is 0.370 e. The zero-order valence-corrected chi connectivity index (χ0v) is 16.8. The van der Waals surface area contributed by atoms with Crippen molar-refractivity contribution in [1.82, 2.24) is 10.6 Å². The highest BCUT2D eigenvalue weighted by Crippen LogP contribution is 2.19. The fourth-order valence-corrected chi connectivity index (χ4v) is 2.53. The van der Waals surface area contributed by atoms with Gasteiger partial charge in [0.15, 0.2) is 11.9 Å². The molecule has 0 aliphatic rings. The summed E-state index contributed by atoms with van der Waals surface area (Å²) in [6.45, 7) is 1.65. The molecule has 0 aliphatic carbocycles. The SMILES string of the molecule is CN=C(N)NCCSSCCNC(N)=NC.I.I. The number of rotatable bonds is 7. The monoisotopic (exact) mass is 520 g/mol. The average molecular weight is 520 g/mol. The highest BCUT2D eigenvalue weighted by molar-refractivity contribution is 14.0. The standard InChI is InChI=1S/C8H20N6S2.2HI/c1-11-7(9)13-3-5-15-16-6-4-14-8(10)12-2;;/h3-6H2,1-2H3,(H3,9,11,13)(H3,10,12,14);2*1H. The molecule has 0 heterocycles. The van der Waals surface area contributed by atoms with Crippen LogP contribution in [-0.4, -0.2) is 50.6 Å². The van der Waals surface area contributed by atoms with E-state index in [0.29, 0.717) is 11.9 Å². The zero-order chi connectivity index (χ0) is 12.2. The third-order valence-electron chi connectivity index (χ3n) is 1.55. The van der Waals surface area contributed by atoms with Crippen molar-refractivity contribution < 1.29 is 0 Å². The van der Waals surface area contributed by atoms with E-state index in [-0.39, 0.29) is 48.0 Å². The molecule has 0 bridgehead atoms. The van der Waals surface area contributed by atoms with E-state index in [4.69, 9.17) is 11.5 Å². The van der Waals surface area contributed by atoms with Gasteiger partial charge in [0.1, 0.15) is 0 Å². The predicted octanol–water partition coefficient (Wildman–Crippen LogP) is 0.672. The van der Waals surface area contributed by atoms with Crippen LogP contribution in [0.2, 0.25) is 0 Å². The molecule has 0 aliphatic heterocycles. The average Bonchev–Trinajstić information content (AvgIpc) is 2.31. The smallest absolute Gasteiger partial charge is 0.188 e. The lowest BCUT2D eigenvalue weighted by Gasteiger charge is -2.05. The summed E-state index contributed by atoms with van der Waals surface area (Å²) in [7, 11) is 6.90. The van der Waals surface area contributed by atoms with E-state index in [9.17, 15) is 0 Å². The molecule has 110 valence electrons. The number of hydrogen-bond donors (Lipinski definition) is 4. The molecule has 0 saturated heterocycles. The third kappa shape index (κ3) is 16.7. The summed E-state index contributed by atoms with van der Waals surface area (Å²) in [5.41, 5.74) is 10.9. The van der Waals surface area contributed by atoms with Crippen LogP contribution in [0.5, 0.6) is 0 Å². The number of nitrogens with zero attached hydrogens (tertiary/aromatic N) is 2. The number of hydrogen-bond acceptors (Lipinski definition) is 4. The molecule has 0 atom stereocenters. The molecule has 0 spiro atoms. The molecular weight excluding hydrogens is 498 g/mol. The first-order valence-electron chi connectivity index (χ1n) is 4.87. The van der Waals surface area contributed by atoms with Crippen LogP contribution >= 0.6 is 69.5 Å². The van der Waals surface area contributed by atoms with Gasteiger partial charge in [-0.3, -0.25) is 9.98 Å². The predicted molar refractivity (Wildman–Crippen MR) is 107 cm³/mol. The van der Waals surface area contributed by atoms with Crippen molar-refractivity contribution in [2.75, 3.05) is 38.7 Å². The first-order valence-corrected chi connectivity index (χ1v) is 7.36. The number of guanidine groups is 2. The van der Waals surface area contributed by atoms with Gasteiger partial charge < -0.3 is 22.1 Å². The van der Waals surface area contributed by atoms with Crippen LogP contribution in [0.1, 0.15) is 0 Å². The number of nitrogens with one attached hydrogen (secondary N) is 2. The van der Waals surface area contributed by atoms with Crippen LogP contribution in [0, 0.1) is 0 Å². The van der Waals surface area contributed by atoms with Gasteiger partial charge in [0.25, 0.3) is 0 Å². The van der Waals surface area contributed by atoms with Gasteiger partial charge in [-0.25, -0.2) is 0 Å². The molecule has 6 N–H and O–H groups in total. The minimum atomic E-state index is 0. The van der Waals surface area contributed by atoms with Crippen molar-refractivity contribution in [2.24, 2.45) is 21.5 Å². The van der Waals surface area contributed by atoms with Crippen LogP contribution in [0.15, 0.2) is 9.98 Å². The molecule has 0 amide bonds. The van der Waals surface area contributed by atoms with Gasteiger partial charge in [0.05, 0.1) is 0 Å². The molecule has 0 unspecified atom stereocenters. The lowest BCUT2D eigenvalue weighted by atomic mass is 10.7. The molecule has 0 saturated carbocycles. The number of nitrogens with two attached hydrogens (primary N) is 2. The summed E-state index contributed by atoms with van der Waals surface area (Å²) < 4.78 is 0. The highest BCUT2D eigenvalue weighted by Gasteiger charge is 1.93. The van der Waals surface area contributed by atoms with Crippen molar-refractivity contribution in [3.05, 3.63) is 0 Å². The molecule has 0 rings (SSSR count). The first-order chi connectivity index (χ1) is 7.70. The molecule has 0 aromatic heterocycles. The van der Waals surface area contributed by atoms with E-state index in [0.717, 1.165) is 24.6 Å². The molecule has 0 aromatic rings. The van der Waals surface area contributed by atoms with Crippen LogP contribution < -0.4 is 22.1 Å². The van der Waals surface area contributed by atoms with Gasteiger partial charge in [0.2, 0.25) is 0 Å². The second-order valence-corrected chi connectivity index (χ2v) is 5.42.